The first-order valence-corrected chi connectivity index (χ1v) is 12.5. The van der Waals surface area contributed by atoms with Gasteiger partial charge in [0.05, 0.1) is 10.6 Å². The second-order valence-corrected chi connectivity index (χ2v) is 9.94. The van der Waals surface area contributed by atoms with Crippen molar-refractivity contribution in [1.82, 2.24) is 10.2 Å². The fraction of sp³-hybridized carbons (Fsp3) is 0.231. The zero-order valence-corrected chi connectivity index (χ0v) is 20.6. The van der Waals surface area contributed by atoms with E-state index in [2.05, 4.69) is 5.32 Å². The van der Waals surface area contributed by atoms with E-state index in [1.54, 1.807) is 25.1 Å². The van der Waals surface area contributed by atoms with E-state index in [1.165, 1.54) is 42.3 Å². The lowest BCUT2D eigenvalue weighted by Crippen LogP contribution is -2.50. The van der Waals surface area contributed by atoms with E-state index in [0.717, 1.165) is 21.5 Å². The van der Waals surface area contributed by atoms with Crippen molar-refractivity contribution in [3.63, 3.8) is 0 Å². The van der Waals surface area contributed by atoms with Crippen LogP contribution in [0.25, 0.3) is 0 Å². The lowest BCUT2D eigenvalue weighted by Gasteiger charge is -2.32. The van der Waals surface area contributed by atoms with Crippen LogP contribution in [-0.4, -0.2) is 44.8 Å². The molecule has 35 heavy (non-hydrogen) atoms. The molecule has 0 fully saturated rings. The SMILES string of the molecule is CNC(=O)[C@H](C)N(Cc1cccc(C)c1)C(=O)CN(c1ccccc1F)S(=O)(=O)c1ccccc1. The molecule has 1 atom stereocenters. The van der Waals surface area contributed by atoms with E-state index in [-0.39, 0.29) is 17.1 Å². The molecule has 0 aliphatic rings. The van der Waals surface area contributed by atoms with E-state index in [0.29, 0.717) is 0 Å². The van der Waals surface area contributed by atoms with Gasteiger partial charge in [0.15, 0.2) is 0 Å². The average molecular weight is 498 g/mol. The predicted molar refractivity (Wildman–Crippen MR) is 133 cm³/mol. The van der Waals surface area contributed by atoms with Crippen LogP contribution in [0, 0.1) is 12.7 Å². The summed E-state index contributed by atoms with van der Waals surface area (Å²) in [5.74, 6) is -1.84. The molecule has 0 heterocycles. The lowest BCUT2D eigenvalue weighted by atomic mass is 10.1. The number of carbonyl (C=O) groups excluding carboxylic acids is 2. The van der Waals surface area contributed by atoms with Crippen molar-refractivity contribution >= 4 is 27.5 Å². The molecule has 1 N–H and O–H groups in total. The Kier molecular flexibility index (Phi) is 8.24. The summed E-state index contributed by atoms with van der Waals surface area (Å²) in [5.41, 5.74) is 1.49. The number of hydrogen-bond donors (Lipinski definition) is 1. The van der Waals surface area contributed by atoms with Gasteiger partial charge in [0.2, 0.25) is 11.8 Å². The summed E-state index contributed by atoms with van der Waals surface area (Å²) in [6.45, 7) is 2.85. The molecule has 0 aromatic heterocycles. The zero-order chi connectivity index (χ0) is 25.6. The van der Waals surface area contributed by atoms with Crippen molar-refractivity contribution in [2.45, 2.75) is 31.3 Å². The predicted octanol–water partition coefficient (Wildman–Crippen LogP) is 3.49. The van der Waals surface area contributed by atoms with Gasteiger partial charge >= 0.3 is 0 Å². The summed E-state index contributed by atoms with van der Waals surface area (Å²) in [5, 5.41) is 2.52. The minimum atomic E-state index is -4.29. The molecule has 9 heteroatoms. The Morgan fingerprint density at radius 2 is 1.63 bits per heavy atom. The van der Waals surface area contributed by atoms with Gasteiger partial charge in [-0.1, -0.05) is 60.2 Å². The second kappa shape index (κ2) is 11.1. The highest BCUT2D eigenvalue weighted by molar-refractivity contribution is 7.92. The molecule has 3 aromatic carbocycles. The molecule has 0 saturated heterocycles. The maximum atomic E-state index is 14.8. The number of nitrogens with one attached hydrogen (secondary N) is 1. The standard InChI is InChI=1S/C26H28FN3O4S/c1-19-10-9-11-21(16-19)17-29(20(2)26(32)28-3)25(31)18-30(24-15-8-7-14-23(24)27)35(33,34)22-12-5-4-6-13-22/h4-16,20H,17-18H2,1-3H3,(H,28,32)/t20-/m0/s1. The Morgan fingerprint density at radius 3 is 2.26 bits per heavy atom. The van der Waals surface area contributed by atoms with Crippen LogP contribution in [0.3, 0.4) is 0 Å². The second-order valence-electron chi connectivity index (χ2n) is 8.08. The molecule has 0 aliphatic heterocycles. The van der Waals surface area contributed by atoms with Gasteiger partial charge in [-0.2, -0.15) is 0 Å². The van der Waals surface area contributed by atoms with Crippen molar-refractivity contribution in [3.8, 4) is 0 Å². The Balaban J connectivity index is 2.04. The highest BCUT2D eigenvalue weighted by Crippen LogP contribution is 2.26. The van der Waals surface area contributed by atoms with Crippen molar-refractivity contribution in [2.75, 3.05) is 17.9 Å². The van der Waals surface area contributed by atoms with E-state index in [9.17, 15) is 22.4 Å². The topological polar surface area (TPSA) is 86.8 Å². The number of nitrogens with zero attached hydrogens (tertiary/aromatic N) is 2. The number of rotatable bonds is 9. The molecule has 0 spiro atoms. The number of para-hydroxylation sites is 1. The number of carbonyl (C=O) groups is 2. The van der Waals surface area contributed by atoms with Gasteiger partial charge in [-0.25, -0.2) is 12.8 Å². The first-order chi connectivity index (χ1) is 16.6. The van der Waals surface area contributed by atoms with Crippen LogP contribution in [0.15, 0.2) is 83.8 Å². The van der Waals surface area contributed by atoms with Gasteiger partial charge in [0.25, 0.3) is 10.0 Å². The zero-order valence-electron chi connectivity index (χ0n) is 19.8. The fourth-order valence-corrected chi connectivity index (χ4v) is 5.13. The molecule has 0 aliphatic carbocycles. The largest absolute Gasteiger partial charge is 0.357 e. The Bertz CT molecular complexity index is 1300. The molecular formula is C26H28FN3O4S. The number of benzene rings is 3. The molecule has 0 unspecified atom stereocenters. The van der Waals surface area contributed by atoms with Crippen molar-refractivity contribution < 1.29 is 22.4 Å². The van der Waals surface area contributed by atoms with E-state index < -0.39 is 40.2 Å². The maximum Gasteiger partial charge on any atom is 0.264 e. The van der Waals surface area contributed by atoms with Crippen LogP contribution in [0.5, 0.6) is 0 Å². The first-order valence-electron chi connectivity index (χ1n) is 11.0. The third kappa shape index (κ3) is 6.05. The van der Waals surface area contributed by atoms with E-state index in [4.69, 9.17) is 0 Å². The summed E-state index contributed by atoms with van der Waals surface area (Å²) >= 11 is 0. The van der Waals surface area contributed by atoms with E-state index in [1.807, 2.05) is 31.2 Å². The summed E-state index contributed by atoms with van der Waals surface area (Å²) in [7, 11) is -2.83. The van der Waals surface area contributed by atoms with Crippen LogP contribution in [0.1, 0.15) is 18.1 Å². The van der Waals surface area contributed by atoms with Crippen molar-refractivity contribution in [2.24, 2.45) is 0 Å². The van der Waals surface area contributed by atoms with Crippen LogP contribution in [-0.2, 0) is 26.2 Å². The van der Waals surface area contributed by atoms with Crippen molar-refractivity contribution in [1.29, 1.82) is 0 Å². The summed E-state index contributed by atoms with van der Waals surface area (Å²) in [6, 6.07) is 19.4. The summed E-state index contributed by atoms with van der Waals surface area (Å²) in [4.78, 5) is 27.2. The number of aryl methyl sites for hydroxylation is 1. The Labute approximate surface area is 205 Å². The smallest absolute Gasteiger partial charge is 0.264 e. The molecule has 7 nitrogen and oxygen atoms in total. The van der Waals surface area contributed by atoms with Gasteiger partial charge in [-0.15, -0.1) is 0 Å². The highest BCUT2D eigenvalue weighted by Gasteiger charge is 2.33. The molecule has 184 valence electrons. The Hall–Kier alpha value is -3.72. The highest BCUT2D eigenvalue weighted by atomic mass is 32.2. The maximum absolute atomic E-state index is 14.8. The summed E-state index contributed by atoms with van der Waals surface area (Å²) in [6.07, 6.45) is 0. The van der Waals surface area contributed by atoms with Crippen LogP contribution in [0.4, 0.5) is 10.1 Å². The number of likely N-dealkylation sites (N-methyl/N-ethyl adjacent to an activating group) is 1. The Morgan fingerprint density at radius 1 is 0.971 bits per heavy atom. The number of hydrogen-bond acceptors (Lipinski definition) is 4. The monoisotopic (exact) mass is 497 g/mol. The fourth-order valence-electron chi connectivity index (χ4n) is 3.69. The first kappa shape index (κ1) is 25.9. The minimum absolute atomic E-state index is 0.0750. The van der Waals surface area contributed by atoms with Crippen LogP contribution in [0.2, 0.25) is 0 Å². The summed E-state index contributed by atoms with van der Waals surface area (Å²) < 4.78 is 42.6. The molecule has 3 aromatic rings. The van der Waals surface area contributed by atoms with E-state index >= 15 is 0 Å². The number of sulfonamides is 1. The normalized spacial score (nSPS) is 12.0. The number of halogens is 1. The minimum Gasteiger partial charge on any atom is -0.357 e. The molecular weight excluding hydrogens is 469 g/mol. The van der Waals surface area contributed by atoms with Gasteiger partial charge in [0, 0.05) is 13.6 Å². The molecule has 0 radical (unpaired) electrons. The van der Waals surface area contributed by atoms with Gasteiger partial charge in [-0.05, 0) is 43.7 Å². The van der Waals surface area contributed by atoms with Crippen molar-refractivity contribution in [3.05, 3.63) is 95.8 Å². The molecule has 0 bridgehead atoms. The molecule has 0 saturated carbocycles. The average Bonchev–Trinajstić information content (AvgIpc) is 2.85. The molecule has 2 amide bonds. The van der Waals surface area contributed by atoms with Gasteiger partial charge in [0.1, 0.15) is 18.4 Å². The van der Waals surface area contributed by atoms with Gasteiger partial charge < -0.3 is 10.2 Å². The molecule has 3 rings (SSSR count). The lowest BCUT2D eigenvalue weighted by molar-refractivity contribution is -0.139. The quantitative estimate of drug-likeness (QED) is 0.490. The van der Waals surface area contributed by atoms with Gasteiger partial charge in [-0.3, -0.25) is 13.9 Å². The third-order valence-corrected chi connectivity index (χ3v) is 7.35. The van der Waals surface area contributed by atoms with Crippen LogP contribution < -0.4 is 9.62 Å². The number of amides is 2. The number of anilines is 1. The van der Waals surface area contributed by atoms with Crippen LogP contribution >= 0.6 is 0 Å². The third-order valence-electron chi connectivity index (χ3n) is 5.58.